The smallest absolute Gasteiger partial charge is 0.119 e. The highest BCUT2D eigenvalue weighted by atomic mass is 16.5. The van der Waals surface area contributed by atoms with Crippen molar-refractivity contribution in [2.45, 2.75) is 19.4 Å². The lowest BCUT2D eigenvalue weighted by Crippen LogP contribution is -2.13. The second kappa shape index (κ2) is 7.81. The number of hydrogen-bond acceptors (Lipinski definition) is 2. The molecule has 0 radical (unpaired) electrons. The van der Waals surface area contributed by atoms with Gasteiger partial charge >= 0.3 is 0 Å². The first-order valence-corrected chi connectivity index (χ1v) is 7.93. The van der Waals surface area contributed by atoms with Crippen molar-refractivity contribution in [2.75, 3.05) is 13.2 Å². The van der Waals surface area contributed by atoms with Gasteiger partial charge in [-0.1, -0.05) is 54.6 Å². The average molecular weight is 294 g/mol. The lowest BCUT2D eigenvalue weighted by molar-refractivity contribution is 0.0787. The summed E-state index contributed by atoms with van der Waals surface area (Å²) in [6.07, 6.45) is 6.78. The minimum absolute atomic E-state index is 0.609. The van der Waals surface area contributed by atoms with Crippen molar-refractivity contribution in [2.24, 2.45) is 5.92 Å². The fourth-order valence-corrected chi connectivity index (χ4v) is 2.57. The third kappa shape index (κ3) is 4.47. The molecule has 2 aromatic carbocycles. The van der Waals surface area contributed by atoms with E-state index in [1.54, 1.807) is 0 Å². The first-order chi connectivity index (χ1) is 10.9. The maximum absolute atomic E-state index is 5.80. The van der Waals surface area contributed by atoms with Crippen molar-refractivity contribution in [3.05, 3.63) is 71.8 Å². The van der Waals surface area contributed by atoms with E-state index in [4.69, 9.17) is 9.47 Å². The zero-order chi connectivity index (χ0) is 15.0. The second-order valence-corrected chi connectivity index (χ2v) is 5.65. The van der Waals surface area contributed by atoms with Crippen molar-refractivity contribution in [1.82, 2.24) is 0 Å². The molecule has 2 nitrogen and oxygen atoms in total. The van der Waals surface area contributed by atoms with Crippen molar-refractivity contribution < 1.29 is 9.47 Å². The van der Waals surface area contributed by atoms with Gasteiger partial charge in [0, 0.05) is 13.2 Å². The van der Waals surface area contributed by atoms with E-state index in [0.717, 1.165) is 31.8 Å². The van der Waals surface area contributed by atoms with Crippen LogP contribution in [0, 0.1) is 5.92 Å². The van der Waals surface area contributed by atoms with Gasteiger partial charge in [0.05, 0.1) is 0 Å². The molecule has 1 saturated heterocycles. The average Bonchev–Trinajstić information content (AvgIpc) is 2.61. The standard InChI is InChI=1S/C20H22O2/c1-2-4-19(5-3-1)16-22-20-10-8-17(9-11-20)6-7-18-12-14-21-15-13-18/h1-11,18H,12-16H2. The van der Waals surface area contributed by atoms with E-state index in [1.165, 1.54) is 11.1 Å². The van der Waals surface area contributed by atoms with Crippen LogP contribution in [-0.4, -0.2) is 13.2 Å². The number of benzene rings is 2. The van der Waals surface area contributed by atoms with Gasteiger partial charge in [0.2, 0.25) is 0 Å². The molecule has 0 atom stereocenters. The lowest BCUT2D eigenvalue weighted by Gasteiger charge is -2.18. The van der Waals surface area contributed by atoms with Crippen molar-refractivity contribution in [3.63, 3.8) is 0 Å². The molecular formula is C20H22O2. The lowest BCUT2D eigenvalue weighted by atomic mass is 9.99. The van der Waals surface area contributed by atoms with Gasteiger partial charge in [-0.25, -0.2) is 0 Å². The Bertz CT molecular complexity index is 581. The zero-order valence-corrected chi connectivity index (χ0v) is 12.8. The molecule has 0 unspecified atom stereocenters. The maximum atomic E-state index is 5.80. The van der Waals surface area contributed by atoms with E-state index in [9.17, 15) is 0 Å². The minimum Gasteiger partial charge on any atom is -0.489 e. The van der Waals surface area contributed by atoms with Crippen molar-refractivity contribution in [1.29, 1.82) is 0 Å². The molecule has 0 saturated carbocycles. The molecule has 3 rings (SSSR count). The predicted molar refractivity (Wildman–Crippen MR) is 89.8 cm³/mol. The van der Waals surface area contributed by atoms with Gasteiger partial charge < -0.3 is 9.47 Å². The quantitative estimate of drug-likeness (QED) is 0.795. The van der Waals surface area contributed by atoms with E-state index < -0.39 is 0 Å². The molecule has 0 aromatic heterocycles. The third-order valence-electron chi connectivity index (χ3n) is 3.96. The number of ether oxygens (including phenoxy) is 2. The second-order valence-electron chi connectivity index (χ2n) is 5.65. The number of allylic oxidation sites excluding steroid dienone is 1. The molecular weight excluding hydrogens is 272 g/mol. The largest absolute Gasteiger partial charge is 0.489 e. The monoisotopic (exact) mass is 294 g/mol. The van der Waals surface area contributed by atoms with Crippen LogP contribution in [0.5, 0.6) is 5.75 Å². The van der Waals surface area contributed by atoms with Crippen LogP contribution in [0.15, 0.2) is 60.7 Å². The highest BCUT2D eigenvalue weighted by Gasteiger charge is 2.09. The Morgan fingerprint density at radius 1 is 0.955 bits per heavy atom. The van der Waals surface area contributed by atoms with Crippen LogP contribution in [0.1, 0.15) is 24.0 Å². The van der Waals surface area contributed by atoms with Crippen LogP contribution < -0.4 is 4.74 Å². The predicted octanol–water partition coefficient (Wildman–Crippen LogP) is 4.71. The Kier molecular flexibility index (Phi) is 5.27. The molecule has 2 aromatic rings. The maximum Gasteiger partial charge on any atom is 0.119 e. The van der Waals surface area contributed by atoms with Gasteiger partial charge in [-0.2, -0.15) is 0 Å². The Morgan fingerprint density at radius 2 is 1.68 bits per heavy atom. The Labute approximate surface area is 132 Å². The van der Waals surface area contributed by atoms with Crippen LogP contribution in [-0.2, 0) is 11.3 Å². The number of rotatable bonds is 5. The van der Waals surface area contributed by atoms with E-state index in [1.807, 2.05) is 30.3 Å². The normalized spacial score (nSPS) is 16.0. The topological polar surface area (TPSA) is 18.5 Å². The summed E-state index contributed by atoms with van der Waals surface area (Å²) < 4.78 is 11.2. The first kappa shape index (κ1) is 14.9. The summed E-state index contributed by atoms with van der Waals surface area (Å²) in [5.74, 6) is 1.56. The molecule has 1 heterocycles. The Morgan fingerprint density at radius 3 is 2.41 bits per heavy atom. The molecule has 1 aliphatic rings. The van der Waals surface area contributed by atoms with Crippen LogP contribution in [0.25, 0.3) is 6.08 Å². The molecule has 0 N–H and O–H groups in total. The van der Waals surface area contributed by atoms with Crippen LogP contribution in [0.2, 0.25) is 0 Å². The fourth-order valence-electron chi connectivity index (χ4n) is 2.57. The van der Waals surface area contributed by atoms with E-state index in [0.29, 0.717) is 12.5 Å². The summed E-state index contributed by atoms with van der Waals surface area (Å²) in [5.41, 5.74) is 2.41. The van der Waals surface area contributed by atoms with Crippen LogP contribution in [0.4, 0.5) is 0 Å². The summed E-state index contributed by atoms with van der Waals surface area (Å²) in [4.78, 5) is 0. The summed E-state index contributed by atoms with van der Waals surface area (Å²) in [7, 11) is 0. The molecule has 1 fully saturated rings. The molecule has 114 valence electrons. The van der Waals surface area contributed by atoms with Gasteiger partial charge in [0.25, 0.3) is 0 Å². The van der Waals surface area contributed by atoms with Gasteiger partial charge in [-0.15, -0.1) is 0 Å². The summed E-state index contributed by atoms with van der Waals surface area (Å²) in [6.45, 7) is 2.39. The highest BCUT2D eigenvalue weighted by molar-refractivity contribution is 5.50. The summed E-state index contributed by atoms with van der Waals surface area (Å²) >= 11 is 0. The van der Waals surface area contributed by atoms with E-state index in [-0.39, 0.29) is 0 Å². The van der Waals surface area contributed by atoms with Crippen molar-refractivity contribution >= 4 is 6.08 Å². The molecule has 2 heteroatoms. The van der Waals surface area contributed by atoms with E-state index in [2.05, 4.69) is 36.4 Å². The SMILES string of the molecule is C(=CC1CCOCC1)c1ccc(OCc2ccccc2)cc1. The minimum atomic E-state index is 0.609. The molecule has 22 heavy (non-hydrogen) atoms. The van der Waals surface area contributed by atoms with Gasteiger partial charge in [-0.05, 0) is 42.0 Å². The van der Waals surface area contributed by atoms with Gasteiger partial charge in [0.15, 0.2) is 0 Å². The molecule has 0 amide bonds. The Hall–Kier alpha value is -2.06. The number of hydrogen-bond donors (Lipinski definition) is 0. The summed E-state index contributed by atoms with van der Waals surface area (Å²) in [5, 5.41) is 0. The molecule has 0 aliphatic carbocycles. The van der Waals surface area contributed by atoms with Gasteiger partial charge in [-0.3, -0.25) is 0 Å². The Balaban J connectivity index is 1.52. The zero-order valence-electron chi connectivity index (χ0n) is 12.8. The third-order valence-corrected chi connectivity index (χ3v) is 3.96. The molecule has 0 spiro atoms. The van der Waals surface area contributed by atoms with Crippen LogP contribution >= 0.6 is 0 Å². The molecule has 1 aliphatic heterocycles. The molecule has 0 bridgehead atoms. The van der Waals surface area contributed by atoms with Crippen LogP contribution in [0.3, 0.4) is 0 Å². The highest BCUT2D eigenvalue weighted by Crippen LogP contribution is 2.19. The first-order valence-electron chi connectivity index (χ1n) is 7.93. The van der Waals surface area contributed by atoms with Crippen molar-refractivity contribution in [3.8, 4) is 5.75 Å². The fraction of sp³-hybridized carbons (Fsp3) is 0.300. The summed E-state index contributed by atoms with van der Waals surface area (Å²) in [6, 6.07) is 18.5. The van der Waals surface area contributed by atoms with E-state index >= 15 is 0 Å². The van der Waals surface area contributed by atoms with Gasteiger partial charge in [0.1, 0.15) is 12.4 Å².